The topological polar surface area (TPSA) is 26.0 Å². The van der Waals surface area contributed by atoms with Crippen LogP contribution in [-0.4, -0.2) is 4.98 Å². The molecule has 4 heteroatoms. The first-order chi connectivity index (χ1) is 5.77. The molecule has 62 valence electrons. The van der Waals surface area contributed by atoms with Gasteiger partial charge in [0, 0.05) is 5.56 Å². The highest BCUT2D eigenvalue weighted by Gasteiger charge is 2.08. The lowest BCUT2D eigenvalue weighted by molar-refractivity contribution is 0.151. The number of alkyl halides is 2. The lowest BCUT2D eigenvalue weighted by Crippen LogP contribution is -1.82. The van der Waals surface area contributed by atoms with Crippen LogP contribution in [0.1, 0.15) is 12.0 Å². The van der Waals surface area contributed by atoms with Crippen molar-refractivity contribution in [2.24, 2.45) is 0 Å². The Labute approximate surface area is 66.8 Å². The van der Waals surface area contributed by atoms with Crippen molar-refractivity contribution in [1.82, 2.24) is 4.98 Å². The van der Waals surface area contributed by atoms with E-state index < -0.39 is 6.43 Å². The van der Waals surface area contributed by atoms with E-state index in [1.807, 2.05) is 0 Å². The highest BCUT2D eigenvalue weighted by Crippen LogP contribution is 2.22. The van der Waals surface area contributed by atoms with Crippen molar-refractivity contribution >= 4 is 11.1 Å². The van der Waals surface area contributed by atoms with Crippen molar-refractivity contribution in [1.29, 1.82) is 0 Å². The third kappa shape index (κ3) is 1.05. The average molecular weight is 169 g/mol. The smallest absolute Gasteiger partial charge is 0.263 e. The molecular weight excluding hydrogens is 164 g/mol. The van der Waals surface area contributed by atoms with Gasteiger partial charge in [-0.2, -0.15) is 0 Å². The predicted octanol–water partition coefficient (Wildman–Crippen LogP) is 2.77. The summed E-state index contributed by atoms with van der Waals surface area (Å²) in [5.74, 6) is 0. The number of benzene rings is 1. The number of rotatable bonds is 1. The zero-order chi connectivity index (χ0) is 8.55. The first-order valence-electron chi connectivity index (χ1n) is 3.38. The molecule has 1 heterocycles. The Hall–Kier alpha value is -1.45. The molecule has 1 aromatic heterocycles. The number of hydrogen-bond donors (Lipinski definition) is 0. The fourth-order valence-corrected chi connectivity index (χ4v) is 1.01. The molecule has 0 bridgehead atoms. The molecular formula is C8H5F2NO. The van der Waals surface area contributed by atoms with E-state index in [0.717, 1.165) is 0 Å². The van der Waals surface area contributed by atoms with Crippen molar-refractivity contribution in [2.75, 3.05) is 0 Å². The van der Waals surface area contributed by atoms with Gasteiger partial charge in [0.05, 0.1) is 0 Å². The Morgan fingerprint density at radius 3 is 2.92 bits per heavy atom. The highest BCUT2D eigenvalue weighted by molar-refractivity contribution is 5.72. The molecule has 0 radical (unpaired) electrons. The molecule has 12 heavy (non-hydrogen) atoms. The Balaban J connectivity index is 2.60. The predicted molar refractivity (Wildman–Crippen MR) is 39.0 cm³/mol. The van der Waals surface area contributed by atoms with Gasteiger partial charge in [-0.15, -0.1) is 0 Å². The number of fused-ring (bicyclic) bond motifs is 1. The average Bonchev–Trinajstić information content (AvgIpc) is 2.49. The Morgan fingerprint density at radius 1 is 1.33 bits per heavy atom. The van der Waals surface area contributed by atoms with Crippen LogP contribution in [0.4, 0.5) is 8.78 Å². The Kier molecular flexibility index (Phi) is 1.53. The zero-order valence-corrected chi connectivity index (χ0v) is 6.00. The monoisotopic (exact) mass is 169 g/mol. The van der Waals surface area contributed by atoms with Gasteiger partial charge in [0.1, 0.15) is 5.52 Å². The van der Waals surface area contributed by atoms with Crippen molar-refractivity contribution < 1.29 is 13.2 Å². The summed E-state index contributed by atoms with van der Waals surface area (Å²) in [4.78, 5) is 3.76. The second-order valence-electron chi connectivity index (χ2n) is 2.38. The number of aromatic nitrogens is 1. The molecule has 0 amide bonds. The number of halogens is 2. The number of nitrogens with zero attached hydrogens (tertiary/aromatic N) is 1. The third-order valence-electron chi connectivity index (χ3n) is 1.61. The van der Waals surface area contributed by atoms with Crippen LogP contribution in [0.25, 0.3) is 11.1 Å². The lowest BCUT2D eigenvalue weighted by atomic mass is 10.2. The van der Waals surface area contributed by atoms with Crippen LogP contribution in [0.3, 0.4) is 0 Å². The molecule has 2 rings (SSSR count). The van der Waals surface area contributed by atoms with E-state index >= 15 is 0 Å². The second-order valence-corrected chi connectivity index (χ2v) is 2.38. The molecule has 0 aliphatic carbocycles. The van der Waals surface area contributed by atoms with Crippen molar-refractivity contribution in [2.45, 2.75) is 6.43 Å². The van der Waals surface area contributed by atoms with Crippen molar-refractivity contribution in [3.05, 3.63) is 30.2 Å². The van der Waals surface area contributed by atoms with E-state index in [1.54, 1.807) is 0 Å². The summed E-state index contributed by atoms with van der Waals surface area (Å²) in [6.07, 6.45) is -1.22. The molecule has 0 atom stereocenters. The van der Waals surface area contributed by atoms with Gasteiger partial charge >= 0.3 is 0 Å². The molecule has 0 spiro atoms. The summed E-state index contributed by atoms with van der Waals surface area (Å²) in [5.41, 5.74) is 0.962. The molecule has 0 fully saturated rings. The first-order valence-corrected chi connectivity index (χ1v) is 3.38. The van der Waals surface area contributed by atoms with Gasteiger partial charge in [0.15, 0.2) is 12.0 Å². The van der Waals surface area contributed by atoms with Crippen LogP contribution in [-0.2, 0) is 0 Å². The van der Waals surface area contributed by atoms with Crippen molar-refractivity contribution in [3.63, 3.8) is 0 Å². The van der Waals surface area contributed by atoms with E-state index in [0.29, 0.717) is 11.1 Å². The lowest BCUT2D eigenvalue weighted by Gasteiger charge is -1.96. The summed E-state index contributed by atoms with van der Waals surface area (Å²) in [5, 5.41) is 0. The summed E-state index contributed by atoms with van der Waals surface area (Å²) in [6, 6.07) is 4.14. The van der Waals surface area contributed by atoms with E-state index in [4.69, 9.17) is 4.42 Å². The van der Waals surface area contributed by atoms with E-state index in [2.05, 4.69) is 4.98 Å². The van der Waals surface area contributed by atoms with Gasteiger partial charge in [-0.1, -0.05) is 0 Å². The second kappa shape index (κ2) is 2.55. The van der Waals surface area contributed by atoms with Crippen LogP contribution in [0, 0.1) is 0 Å². The van der Waals surface area contributed by atoms with Crippen LogP contribution in [0.5, 0.6) is 0 Å². The zero-order valence-electron chi connectivity index (χ0n) is 6.00. The quantitative estimate of drug-likeness (QED) is 0.656. The van der Waals surface area contributed by atoms with Gasteiger partial charge in [-0.05, 0) is 18.2 Å². The fraction of sp³-hybridized carbons (Fsp3) is 0.125. The largest absolute Gasteiger partial charge is 0.443 e. The molecule has 0 N–H and O–H groups in total. The third-order valence-corrected chi connectivity index (χ3v) is 1.61. The molecule has 2 nitrogen and oxygen atoms in total. The Bertz CT molecular complexity index is 397. The SMILES string of the molecule is FC(F)c1ccc2ocnc2c1. The maximum absolute atomic E-state index is 12.1. The van der Waals surface area contributed by atoms with Gasteiger partial charge in [-0.3, -0.25) is 0 Å². The minimum absolute atomic E-state index is 0.0311. The fourth-order valence-electron chi connectivity index (χ4n) is 1.01. The Morgan fingerprint density at radius 2 is 2.17 bits per heavy atom. The first kappa shape index (κ1) is 7.21. The summed E-state index contributed by atoms with van der Waals surface area (Å²) >= 11 is 0. The number of hydrogen-bond acceptors (Lipinski definition) is 2. The minimum Gasteiger partial charge on any atom is -0.443 e. The van der Waals surface area contributed by atoms with Crippen LogP contribution in [0.15, 0.2) is 29.0 Å². The summed E-state index contributed by atoms with van der Waals surface area (Å²) < 4.78 is 29.2. The molecule has 1 aromatic carbocycles. The van der Waals surface area contributed by atoms with Gasteiger partial charge in [0.2, 0.25) is 0 Å². The number of oxazole rings is 1. The van der Waals surface area contributed by atoms with Crippen LogP contribution >= 0.6 is 0 Å². The van der Waals surface area contributed by atoms with Gasteiger partial charge in [-0.25, -0.2) is 13.8 Å². The summed E-state index contributed by atoms with van der Waals surface area (Å²) in [7, 11) is 0. The van der Waals surface area contributed by atoms with Gasteiger partial charge < -0.3 is 4.42 Å². The maximum Gasteiger partial charge on any atom is 0.263 e. The maximum atomic E-state index is 12.1. The molecule has 0 aliphatic heterocycles. The van der Waals surface area contributed by atoms with Crippen LogP contribution < -0.4 is 0 Å². The molecule has 0 unspecified atom stereocenters. The van der Waals surface area contributed by atoms with E-state index in [1.165, 1.54) is 24.6 Å². The molecule has 0 saturated carbocycles. The molecule has 0 saturated heterocycles. The van der Waals surface area contributed by atoms with E-state index in [-0.39, 0.29) is 5.56 Å². The van der Waals surface area contributed by atoms with E-state index in [9.17, 15) is 8.78 Å². The van der Waals surface area contributed by atoms with Gasteiger partial charge in [0.25, 0.3) is 6.43 Å². The summed E-state index contributed by atoms with van der Waals surface area (Å²) in [6.45, 7) is 0. The normalized spacial score (nSPS) is 11.2. The van der Waals surface area contributed by atoms with Crippen LogP contribution in [0.2, 0.25) is 0 Å². The van der Waals surface area contributed by atoms with Crippen molar-refractivity contribution in [3.8, 4) is 0 Å². The molecule has 2 aromatic rings. The standard InChI is InChI=1S/C8H5F2NO/c9-8(10)5-1-2-7-6(3-5)11-4-12-7/h1-4,8H. The molecule has 0 aliphatic rings. The minimum atomic E-state index is -2.45. The highest BCUT2D eigenvalue weighted by atomic mass is 19.3.